The fraction of sp³-hybridized carbons (Fsp3) is 0.455. The standard InChI is InChI=1S/C11H17NO2S/c1-3-9-15(13,14)12(2)10-11-7-5-4-6-8-11/h4-8H,3,9-10H2,1-2H3. The molecule has 15 heavy (non-hydrogen) atoms. The summed E-state index contributed by atoms with van der Waals surface area (Å²) in [6.07, 6.45) is 0.654. The van der Waals surface area contributed by atoms with Gasteiger partial charge in [0.2, 0.25) is 10.0 Å². The van der Waals surface area contributed by atoms with E-state index in [0.29, 0.717) is 13.0 Å². The summed E-state index contributed by atoms with van der Waals surface area (Å²) in [7, 11) is -1.45. The summed E-state index contributed by atoms with van der Waals surface area (Å²) in [6, 6.07) is 9.60. The maximum absolute atomic E-state index is 11.7. The summed E-state index contributed by atoms with van der Waals surface area (Å²) < 4.78 is 24.7. The van der Waals surface area contributed by atoms with Crippen LogP contribution in [-0.2, 0) is 16.6 Å². The van der Waals surface area contributed by atoms with Crippen LogP contribution in [-0.4, -0.2) is 25.5 Å². The molecule has 1 aromatic carbocycles. The first-order valence-electron chi connectivity index (χ1n) is 5.04. The van der Waals surface area contributed by atoms with Gasteiger partial charge in [0.15, 0.2) is 0 Å². The van der Waals surface area contributed by atoms with Crippen LogP contribution in [0.1, 0.15) is 18.9 Å². The van der Waals surface area contributed by atoms with Crippen LogP contribution in [0.25, 0.3) is 0 Å². The summed E-state index contributed by atoms with van der Waals surface area (Å²) in [4.78, 5) is 0. The highest BCUT2D eigenvalue weighted by Gasteiger charge is 2.16. The van der Waals surface area contributed by atoms with E-state index in [9.17, 15) is 8.42 Å². The predicted octanol–water partition coefficient (Wildman–Crippen LogP) is 1.86. The maximum atomic E-state index is 11.7. The van der Waals surface area contributed by atoms with Gasteiger partial charge in [-0.3, -0.25) is 0 Å². The third kappa shape index (κ3) is 3.64. The van der Waals surface area contributed by atoms with Gasteiger partial charge < -0.3 is 0 Å². The molecule has 0 atom stereocenters. The van der Waals surface area contributed by atoms with Crippen LogP contribution in [0.2, 0.25) is 0 Å². The minimum absolute atomic E-state index is 0.219. The van der Waals surface area contributed by atoms with Crippen molar-refractivity contribution in [3.05, 3.63) is 35.9 Å². The van der Waals surface area contributed by atoms with E-state index in [1.807, 2.05) is 37.3 Å². The Kier molecular flexibility index (Phi) is 4.29. The first-order valence-corrected chi connectivity index (χ1v) is 6.65. The molecule has 1 aromatic rings. The number of hydrogen-bond acceptors (Lipinski definition) is 2. The Bertz CT molecular complexity index is 386. The van der Waals surface area contributed by atoms with Crippen molar-refractivity contribution in [3.8, 4) is 0 Å². The van der Waals surface area contributed by atoms with E-state index in [1.54, 1.807) is 7.05 Å². The minimum Gasteiger partial charge on any atom is -0.212 e. The van der Waals surface area contributed by atoms with Crippen molar-refractivity contribution in [1.82, 2.24) is 4.31 Å². The first-order chi connectivity index (χ1) is 7.06. The molecule has 0 aliphatic heterocycles. The van der Waals surface area contributed by atoms with E-state index in [1.165, 1.54) is 4.31 Å². The number of rotatable bonds is 5. The average molecular weight is 227 g/mol. The average Bonchev–Trinajstić information content (AvgIpc) is 2.19. The highest BCUT2D eigenvalue weighted by Crippen LogP contribution is 2.07. The Balaban J connectivity index is 2.68. The zero-order chi connectivity index (χ0) is 11.3. The summed E-state index contributed by atoms with van der Waals surface area (Å²) in [5.41, 5.74) is 1.01. The van der Waals surface area contributed by atoms with Gasteiger partial charge in [-0.25, -0.2) is 12.7 Å². The van der Waals surface area contributed by atoms with Gasteiger partial charge in [0.05, 0.1) is 5.75 Å². The summed E-state index contributed by atoms with van der Waals surface area (Å²) in [5, 5.41) is 0. The van der Waals surface area contributed by atoms with E-state index in [0.717, 1.165) is 5.56 Å². The zero-order valence-corrected chi connectivity index (χ0v) is 10.00. The molecule has 4 heteroatoms. The zero-order valence-electron chi connectivity index (χ0n) is 9.18. The van der Waals surface area contributed by atoms with Crippen molar-refractivity contribution in [2.24, 2.45) is 0 Å². The van der Waals surface area contributed by atoms with E-state index in [2.05, 4.69) is 0 Å². The monoisotopic (exact) mass is 227 g/mol. The van der Waals surface area contributed by atoms with Gasteiger partial charge in [0.25, 0.3) is 0 Å². The fourth-order valence-electron chi connectivity index (χ4n) is 1.35. The second kappa shape index (κ2) is 5.28. The molecule has 0 aromatic heterocycles. The summed E-state index contributed by atoms with van der Waals surface area (Å²) in [6.45, 7) is 2.32. The molecule has 3 nitrogen and oxygen atoms in total. The molecule has 0 bridgehead atoms. The second-order valence-electron chi connectivity index (χ2n) is 3.56. The molecule has 0 saturated heterocycles. The van der Waals surface area contributed by atoms with Gasteiger partial charge in [-0.1, -0.05) is 37.3 Å². The van der Waals surface area contributed by atoms with Crippen LogP contribution in [0.4, 0.5) is 0 Å². The van der Waals surface area contributed by atoms with E-state index < -0.39 is 10.0 Å². The molecule has 0 fully saturated rings. The van der Waals surface area contributed by atoms with Crippen LogP contribution in [0, 0.1) is 0 Å². The fourth-order valence-corrected chi connectivity index (χ4v) is 2.53. The first kappa shape index (κ1) is 12.2. The van der Waals surface area contributed by atoms with Crippen LogP contribution < -0.4 is 0 Å². The molecule has 0 aliphatic rings. The Morgan fingerprint density at radius 2 is 1.80 bits per heavy atom. The van der Waals surface area contributed by atoms with E-state index in [-0.39, 0.29) is 5.75 Å². The van der Waals surface area contributed by atoms with Crippen LogP contribution in [0.15, 0.2) is 30.3 Å². The molecule has 0 aliphatic carbocycles. The van der Waals surface area contributed by atoms with Gasteiger partial charge in [-0.2, -0.15) is 0 Å². The third-order valence-electron chi connectivity index (χ3n) is 2.19. The van der Waals surface area contributed by atoms with Gasteiger partial charge in [-0.05, 0) is 12.0 Å². The van der Waals surface area contributed by atoms with Crippen molar-refractivity contribution < 1.29 is 8.42 Å². The second-order valence-corrected chi connectivity index (χ2v) is 5.75. The lowest BCUT2D eigenvalue weighted by atomic mass is 10.2. The lowest BCUT2D eigenvalue weighted by Crippen LogP contribution is -2.28. The molecule has 84 valence electrons. The Hall–Kier alpha value is -0.870. The molecule has 0 saturated carbocycles. The van der Waals surface area contributed by atoms with Crippen molar-refractivity contribution in [2.45, 2.75) is 19.9 Å². The Labute approximate surface area is 91.8 Å². The van der Waals surface area contributed by atoms with Gasteiger partial charge in [0.1, 0.15) is 0 Å². The quantitative estimate of drug-likeness (QED) is 0.770. The molecule has 0 heterocycles. The number of benzene rings is 1. The third-order valence-corrected chi connectivity index (χ3v) is 4.19. The molecule has 0 unspecified atom stereocenters. The Morgan fingerprint density at radius 3 is 2.33 bits per heavy atom. The van der Waals surface area contributed by atoms with Crippen molar-refractivity contribution in [2.75, 3.05) is 12.8 Å². The van der Waals surface area contributed by atoms with Crippen LogP contribution in [0.3, 0.4) is 0 Å². The van der Waals surface area contributed by atoms with Crippen molar-refractivity contribution in [1.29, 1.82) is 0 Å². The summed E-state index contributed by atoms with van der Waals surface area (Å²) >= 11 is 0. The van der Waals surface area contributed by atoms with Gasteiger partial charge >= 0.3 is 0 Å². The normalized spacial score (nSPS) is 11.9. The molecular weight excluding hydrogens is 210 g/mol. The smallest absolute Gasteiger partial charge is 0.212 e. The molecule has 1 rings (SSSR count). The highest BCUT2D eigenvalue weighted by atomic mass is 32.2. The molecule has 0 N–H and O–H groups in total. The van der Waals surface area contributed by atoms with Gasteiger partial charge in [0, 0.05) is 13.6 Å². The Morgan fingerprint density at radius 1 is 1.20 bits per heavy atom. The lowest BCUT2D eigenvalue weighted by Gasteiger charge is -2.16. The topological polar surface area (TPSA) is 37.4 Å². The molecular formula is C11H17NO2S. The van der Waals surface area contributed by atoms with Crippen LogP contribution in [0.5, 0.6) is 0 Å². The van der Waals surface area contributed by atoms with Gasteiger partial charge in [-0.15, -0.1) is 0 Å². The SMILES string of the molecule is CCCS(=O)(=O)N(C)Cc1ccccc1. The highest BCUT2D eigenvalue weighted by molar-refractivity contribution is 7.89. The van der Waals surface area contributed by atoms with E-state index >= 15 is 0 Å². The van der Waals surface area contributed by atoms with E-state index in [4.69, 9.17) is 0 Å². The van der Waals surface area contributed by atoms with Crippen molar-refractivity contribution in [3.63, 3.8) is 0 Å². The molecule has 0 spiro atoms. The predicted molar refractivity (Wildman–Crippen MR) is 62.0 cm³/mol. The number of nitrogens with zero attached hydrogens (tertiary/aromatic N) is 1. The summed E-state index contributed by atoms with van der Waals surface area (Å²) in [5.74, 6) is 0.219. The van der Waals surface area contributed by atoms with Crippen LogP contribution >= 0.6 is 0 Å². The largest absolute Gasteiger partial charge is 0.214 e. The molecule has 0 radical (unpaired) electrons. The minimum atomic E-state index is -3.08. The number of sulfonamides is 1. The lowest BCUT2D eigenvalue weighted by molar-refractivity contribution is 0.466. The maximum Gasteiger partial charge on any atom is 0.214 e. The molecule has 0 amide bonds. The van der Waals surface area contributed by atoms with Crippen molar-refractivity contribution >= 4 is 10.0 Å². The number of hydrogen-bond donors (Lipinski definition) is 0.